The molecule has 73 heavy (non-hydrogen) atoms. The van der Waals surface area contributed by atoms with E-state index in [2.05, 4.69) is 50.8 Å². The number of hydrogen-bond acceptors (Lipinski definition) is 12. The SMILES string of the molecule is COC(=O)N[C@H](C(=O)N1CCC[C@@]1(C(N)=O)c1ccc([C@@H]2CC[C@@H](c3ccc([C@]4(C(N)=O)CCCN4C(=O)[C@@H](NC(=O)OC)C(C)C)cc3)N2c2ccc(-c3ccc(N4CCOCC4)nc3)cc2)cc1)C(C)C. The van der Waals surface area contributed by atoms with Crippen LogP contribution >= 0.6 is 0 Å². The highest BCUT2D eigenvalue weighted by Gasteiger charge is 2.53. The number of rotatable bonds is 15. The molecule has 4 saturated heterocycles. The van der Waals surface area contributed by atoms with Crippen LogP contribution < -0.4 is 31.9 Å². The normalized spacial score (nSPS) is 22.8. The van der Waals surface area contributed by atoms with Gasteiger partial charge in [0.05, 0.1) is 39.5 Å². The molecule has 6 N–H and O–H groups in total. The predicted molar refractivity (Wildman–Crippen MR) is 275 cm³/mol. The number of pyridine rings is 1. The Morgan fingerprint density at radius 3 is 1.44 bits per heavy atom. The molecule has 6 amide bonds. The molecule has 4 aliphatic heterocycles. The molecule has 4 aromatic rings. The zero-order valence-corrected chi connectivity index (χ0v) is 42.7. The smallest absolute Gasteiger partial charge is 0.407 e. The highest BCUT2D eigenvalue weighted by Crippen LogP contribution is 2.49. The number of amides is 6. The minimum absolute atomic E-state index is 0.130. The molecule has 4 fully saturated rings. The van der Waals surface area contributed by atoms with E-state index in [0.29, 0.717) is 50.0 Å². The molecule has 1 aromatic heterocycles. The number of nitrogens with two attached hydrogens (primary N) is 2. The molecule has 0 radical (unpaired) electrons. The van der Waals surface area contributed by atoms with E-state index in [1.807, 2.05) is 88.5 Å². The second kappa shape index (κ2) is 21.9. The van der Waals surface area contributed by atoms with Gasteiger partial charge in [-0.3, -0.25) is 19.2 Å². The van der Waals surface area contributed by atoms with Gasteiger partial charge in [-0.05, 0) is 102 Å². The molecule has 8 rings (SSSR count). The molecule has 18 heteroatoms. The van der Waals surface area contributed by atoms with E-state index >= 15 is 0 Å². The number of primary amides is 2. The van der Waals surface area contributed by atoms with Crippen LogP contribution in [0.1, 0.15) is 101 Å². The van der Waals surface area contributed by atoms with Crippen LogP contribution in [0.3, 0.4) is 0 Å². The van der Waals surface area contributed by atoms with Gasteiger partial charge in [-0.2, -0.15) is 0 Å². The molecular weight excluding hydrogens is 931 g/mol. The summed E-state index contributed by atoms with van der Waals surface area (Å²) in [6.07, 6.45) is 3.68. The van der Waals surface area contributed by atoms with E-state index in [1.54, 1.807) is 0 Å². The summed E-state index contributed by atoms with van der Waals surface area (Å²) in [5.41, 5.74) is 15.8. The lowest BCUT2D eigenvalue weighted by Crippen LogP contribution is -2.59. The molecule has 388 valence electrons. The van der Waals surface area contributed by atoms with Crippen molar-refractivity contribution in [3.8, 4) is 11.1 Å². The lowest BCUT2D eigenvalue weighted by molar-refractivity contribution is -0.146. The fourth-order valence-electron chi connectivity index (χ4n) is 11.5. The summed E-state index contributed by atoms with van der Waals surface area (Å²) in [5.74, 6) is -1.79. The number of carbonyl (C=O) groups is 6. The van der Waals surface area contributed by atoms with Gasteiger partial charge in [0, 0.05) is 43.6 Å². The number of nitrogens with one attached hydrogen (secondary N) is 2. The molecular formula is C55H69N9O9. The largest absolute Gasteiger partial charge is 0.453 e. The van der Waals surface area contributed by atoms with Crippen molar-refractivity contribution in [2.45, 2.75) is 101 Å². The minimum atomic E-state index is -1.43. The van der Waals surface area contributed by atoms with Crippen molar-refractivity contribution in [3.05, 3.63) is 113 Å². The Hall–Kier alpha value is -7.21. The van der Waals surface area contributed by atoms with Gasteiger partial charge in [-0.25, -0.2) is 14.6 Å². The lowest BCUT2D eigenvalue weighted by Gasteiger charge is -2.39. The van der Waals surface area contributed by atoms with E-state index < -0.39 is 59.0 Å². The molecule has 0 bridgehead atoms. The van der Waals surface area contributed by atoms with E-state index in [1.165, 1.54) is 24.0 Å². The summed E-state index contributed by atoms with van der Waals surface area (Å²) in [5, 5.41) is 5.31. The van der Waals surface area contributed by atoms with Gasteiger partial charge in [0.25, 0.3) is 0 Å². The van der Waals surface area contributed by atoms with Crippen LogP contribution in [0.25, 0.3) is 11.1 Å². The first kappa shape index (κ1) is 52.1. The van der Waals surface area contributed by atoms with Gasteiger partial charge in [0.1, 0.15) is 29.0 Å². The zero-order valence-electron chi connectivity index (χ0n) is 42.7. The summed E-state index contributed by atoms with van der Waals surface area (Å²) in [6, 6.07) is 26.0. The maximum Gasteiger partial charge on any atom is 0.407 e. The van der Waals surface area contributed by atoms with Crippen LogP contribution in [0.5, 0.6) is 0 Å². The van der Waals surface area contributed by atoms with E-state index in [4.69, 9.17) is 30.7 Å². The third-order valence-corrected chi connectivity index (χ3v) is 15.4. The van der Waals surface area contributed by atoms with Crippen molar-refractivity contribution < 1.29 is 43.0 Å². The second-order valence-corrected chi connectivity index (χ2v) is 20.2. The zero-order chi connectivity index (χ0) is 52.2. The van der Waals surface area contributed by atoms with Gasteiger partial charge in [-0.15, -0.1) is 0 Å². The molecule has 0 saturated carbocycles. The lowest BCUT2D eigenvalue weighted by atomic mass is 9.84. The molecule has 4 aliphatic rings. The number of nitrogens with zero attached hydrogens (tertiary/aromatic N) is 5. The van der Waals surface area contributed by atoms with Crippen molar-refractivity contribution in [1.29, 1.82) is 0 Å². The third-order valence-electron chi connectivity index (χ3n) is 15.4. The van der Waals surface area contributed by atoms with Crippen molar-refractivity contribution in [1.82, 2.24) is 25.4 Å². The number of anilines is 2. The fraction of sp³-hybridized carbons (Fsp3) is 0.473. The van der Waals surface area contributed by atoms with Crippen LogP contribution in [0.15, 0.2) is 91.1 Å². The first-order valence-electron chi connectivity index (χ1n) is 25.4. The number of hydrogen-bond donors (Lipinski definition) is 4. The second-order valence-electron chi connectivity index (χ2n) is 20.2. The van der Waals surface area contributed by atoms with E-state index in [0.717, 1.165) is 59.7 Å². The van der Waals surface area contributed by atoms with E-state index in [9.17, 15) is 28.8 Å². The molecule has 5 heterocycles. The standard InChI is InChI=1S/C55H69N9O9/c1-34(2)46(59-52(69)71-5)48(65)62-27-7-25-54(62,50(56)67)40-16-9-37(10-17-40)43-22-23-44(64(43)42-20-13-36(14-21-42)39-15-24-45(58-33-39)61-29-31-73-32-30-61)38-11-18-41(19-12-38)55(51(57)68)26-8-28-63(55)49(66)47(35(3)4)60-53(70)72-6/h9-21,24,33-35,43-44,46-47H,7-8,22-23,25-32H2,1-6H3,(H2,56,67)(H2,57,68)(H,59,69)(H,60,70)/t43-,44-,46-,47-,54-,55-/m0/s1. The Balaban J connectivity index is 1.13. The number of alkyl carbamates (subject to hydrolysis) is 2. The number of carbonyl (C=O) groups excluding carboxylic acids is 6. The average Bonchev–Trinajstić information content (AvgIpc) is 4.18. The third kappa shape index (κ3) is 10.0. The maximum atomic E-state index is 14.2. The summed E-state index contributed by atoms with van der Waals surface area (Å²) in [4.78, 5) is 92.9. The van der Waals surface area contributed by atoms with Crippen LogP contribution in [-0.4, -0.2) is 116 Å². The first-order valence-corrected chi connectivity index (χ1v) is 25.4. The summed E-state index contributed by atoms with van der Waals surface area (Å²) in [6.45, 7) is 10.8. The first-order chi connectivity index (χ1) is 35.0. The summed E-state index contributed by atoms with van der Waals surface area (Å²) < 4.78 is 15.2. The van der Waals surface area contributed by atoms with Crippen molar-refractivity contribution in [2.24, 2.45) is 23.3 Å². The van der Waals surface area contributed by atoms with Crippen molar-refractivity contribution in [2.75, 3.05) is 63.4 Å². The summed E-state index contributed by atoms with van der Waals surface area (Å²) in [7, 11) is 2.47. The predicted octanol–water partition coefficient (Wildman–Crippen LogP) is 6.04. The Kier molecular flexibility index (Phi) is 15.6. The molecule has 6 atom stereocenters. The quantitative estimate of drug-likeness (QED) is 0.107. The molecule has 0 aliphatic carbocycles. The average molecular weight is 1000 g/mol. The van der Waals surface area contributed by atoms with Gasteiger partial charge in [-0.1, -0.05) is 88.4 Å². The number of ether oxygens (including phenoxy) is 3. The number of morpholine rings is 1. The number of methoxy groups -OCH3 is 2. The van der Waals surface area contributed by atoms with Gasteiger partial charge >= 0.3 is 12.2 Å². The number of aromatic nitrogens is 1. The monoisotopic (exact) mass is 1000 g/mol. The molecule has 0 unspecified atom stereocenters. The Morgan fingerprint density at radius 2 is 1.05 bits per heavy atom. The van der Waals surface area contributed by atoms with Crippen LogP contribution in [0, 0.1) is 11.8 Å². The molecule has 3 aromatic carbocycles. The minimum Gasteiger partial charge on any atom is -0.453 e. The van der Waals surface area contributed by atoms with Crippen LogP contribution in [-0.2, 0) is 44.5 Å². The van der Waals surface area contributed by atoms with E-state index in [-0.39, 0.29) is 37.0 Å². The molecule has 0 spiro atoms. The maximum absolute atomic E-state index is 14.2. The number of likely N-dealkylation sites (tertiary alicyclic amines) is 2. The van der Waals surface area contributed by atoms with Gasteiger partial charge in [0.15, 0.2) is 0 Å². The Morgan fingerprint density at radius 1 is 0.616 bits per heavy atom. The van der Waals surface area contributed by atoms with Crippen LogP contribution in [0.4, 0.5) is 21.1 Å². The Bertz CT molecular complexity index is 2510. The van der Waals surface area contributed by atoms with Crippen molar-refractivity contribution >= 4 is 47.3 Å². The summed E-state index contributed by atoms with van der Waals surface area (Å²) >= 11 is 0. The Labute approximate surface area is 427 Å². The highest BCUT2D eigenvalue weighted by atomic mass is 16.5. The van der Waals surface area contributed by atoms with Crippen LogP contribution in [0.2, 0.25) is 0 Å². The van der Waals surface area contributed by atoms with Gasteiger partial charge < -0.3 is 55.9 Å². The molecule has 18 nitrogen and oxygen atoms in total. The number of benzene rings is 3. The van der Waals surface area contributed by atoms with Crippen molar-refractivity contribution in [3.63, 3.8) is 0 Å². The van der Waals surface area contributed by atoms with Gasteiger partial charge in [0.2, 0.25) is 23.6 Å². The topological polar surface area (TPSA) is 232 Å². The fourth-order valence-corrected chi connectivity index (χ4v) is 11.5. The highest BCUT2D eigenvalue weighted by molar-refractivity contribution is 5.96.